The van der Waals surface area contributed by atoms with Crippen LogP contribution in [0.2, 0.25) is 0 Å². The van der Waals surface area contributed by atoms with Gasteiger partial charge in [-0.1, -0.05) is 12.1 Å². The maximum absolute atomic E-state index is 13.6. The number of hydrogen-bond donors (Lipinski definition) is 2. The van der Waals surface area contributed by atoms with Gasteiger partial charge < -0.3 is 9.40 Å². The number of hydrogen-bond acceptors (Lipinski definition) is 3. The number of fused-ring (bicyclic) bond motifs is 1. The van der Waals surface area contributed by atoms with E-state index >= 15 is 0 Å². The minimum Gasteiger partial charge on any atom is -0.448 e. The van der Waals surface area contributed by atoms with Crippen molar-refractivity contribution in [1.29, 1.82) is 0 Å². The number of furan rings is 1. The van der Waals surface area contributed by atoms with Gasteiger partial charge in [-0.15, -0.1) is 0 Å². The zero-order valence-electron chi connectivity index (χ0n) is 10.0. The van der Waals surface area contributed by atoms with E-state index in [2.05, 4.69) is 15.3 Å². The number of rotatable bonds is 2. The second-order valence-electron chi connectivity index (χ2n) is 4.06. The summed E-state index contributed by atoms with van der Waals surface area (Å²) < 4.78 is 18.9. The van der Waals surface area contributed by atoms with Gasteiger partial charge in [-0.3, -0.25) is 10.1 Å². The Morgan fingerprint density at radius 1 is 1.47 bits per heavy atom. The molecule has 5 nitrogen and oxygen atoms in total. The number of nitrogens with one attached hydrogen (secondary N) is 2. The number of imidazole rings is 1. The van der Waals surface area contributed by atoms with Crippen LogP contribution in [0.15, 0.2) is 35.0 Å². The normalized spacial score (nSPS) is 10.8. The van der Waals surface area contributed by atoms with Gasteiger partial charge in [0.1, 0.15) is 0 Å². The fourth-order valence-corrected chi connectivity index (χ4v) is 1.92. The summed E-state index contributed by atoms with van der Waals surface area (Å²) >= 11 is 0. The number of nitrogens with zero attached hydrogens (tertiary/aromatic N) is 1. The molecule has 1 amide bonds. The van der Waals surface area contributed by atoms with Crippen LogP contribution in [0, 0.1) is 12.7 Å². The van der Waals surface area contributed by atoms with Gasteiger partial charge in [-0.2, -0.15) is 0 Å². The van der Waals surface area contributed by atoms with E-state index in [1.54, 1.807) is 25.3 Å². The fourth-order valence-electron chi connectivity index (χ4n) is 1.92. The highest BCUT2D eigenvalue weighted by Crippen LogP contribution is 2.27. The van der Waals surface area contributed by atoms with Crippen molar-refractivity contribution >= 4 is 22.8 Å². The predicted molar refractivity (Wildman–Crippen MR) is 67.4 cm³/mol. The Bertz CT molecular complexity index is 747. The van der Waals surface area contributed by atoms with Gasteiger partial charge in [0.2, 0.25) is 5.95 Å². The molecule has 0 unspecified atom stereocenters. The van der Waals surface area contributed by atoms with Crippen LogP contribution in [0.3, 0.4) is 0 Å². The van der Waals surface area contributed by atoms with Crippen molar-refractivity contribution in [3.05, 3.63) is 47.7 Å². The van der Waals surface area contributed by atoms with Crippen LogP contribution in [-0.2, 0) is 0 Å². The van der Waals surface area contributed by atoms with E-state index in [1.807, 2.05) is 0 Å². The average molecular weight is 259 g/mol. The number of para-hydroxylation sites is 1. The number of aryl methyl sites for hydroxylation is 1. The Morgan fingerprint density at radius 2 is 2.32 bits per heavy atom. The van der Waals surface area contributed by atoms with Crippen LogP contribution in [0.1, 0.15) is 16.1 Å². The van der Waals surface area contributed by atoms with Crippen molar-refractivity contribution in [2.45, 2.75) is 6.92 Å². The molecule has 0 saturated carbocycles. The molecular formula is C13H10FN3O2. The molecule has 0 saturated heterocycles. The van der Waals surface area contributed by atoms with Gasteiger partial charge >= 0.3 is 0 Å². The minimum atomic E-state index is -0.488. The summed E-state index contributed by atoms with van der Waals surface area (Å²) in [5, 5.41) is 3.13. The molecule has 19 heavy (non-hydrogen) atoms. The summed E-state index contributed by atoms with van der Waals surface area (Å²) in [4.78, 5) is 18.6. The predicted octanol–water partition coefficient (Wildman–Crippen LogP) is 2.86. The highest BCUT2D eigenvalue weighted by Gasteiger charge is 2.19. The maximum atomic E-state index is 13.6. The molecule has 1 aromatic carbocycles. The summed E-state index contributed by atoms with van der Waals surface area (Å²) in [6.07, 6.45) is 3.10. The highest BCUT2D eigenvalue weighted by atomic mass is 19.1. The van der Waals surface area contributed by atoms with Crippen LogP contribution in [-0.4, -0.2) is 15.9 Å². The van der Waals surface area contributed by atoms with E-state index in [4.69, 9.17) is 4.42 Å². The molecule has 6 heteroatoms. The second-order valence-corrected chi connectivity index (χ2v) is 4.06. The number of benzene rings is 1. The summed E-state index contributed by atoms with van der Waals surface area (Å²) in [6.45, 7) is 1.71. The van der Waals surface area contributed by atoms with E-state index in [1.165, 1.54) is 12.3 Å². The largest absolute Gasteiger partial charge is 0.448 e. The SMILES string of the molecule is Cc1c(C(=O)Nc2ncc[nH]2)oc2c(F)cccc12. The number of H-pyrrole nitrogens is 1. The zero-order valence-corrected chi connectivity index (χ0v) is 10.0. The lowest BCUT2D eigenvalue weighted by Gasteiger charge is -1.99. The molecule has 0 aliphatic heterocycles. The van der Waals surface area contributed by atoms with Gasteiger partial charge in [-0.05, 0) is 13.0 Å². The first kappa shape index (κ1) is 11.5. The van der Waals surface area contributed by atoms with Gasteiger partial charge in [0.25, 0.3) is 5.91 Å². The Kier molecular flexibility index (Phi) is 2.56. The number of aromatic nitrogens is 2. The lowest BCUT2D eigenvalue weighted by Crippen LogP contribution is -2.13. The topological polar surface area (TPSA) is 70.9 Å². The van der Waals surface area contributed by atoms with E-state index < -0.39 is 11.7 Å². The van der Waals surface area contributed by atoms with Crippen LogP contribution < -0.4 is 5.32 Å². The first-order valence-corrected chi connectivity index (χ1v) is 5.65. The first-order chi connectivity index (χ1) is 9.16. The quantitative estimate of drug-likeness (QED) is 0.743. The summed E-state index contributed by atoms with van der Waals surface area (Å²) in [7, 11) is 0. The van der Waals surface area contributed by atoms with Crippen LogP contribution in [0.5, 0.6) is 0 Å². The van der Waals surface area contributed by atoms with E-state index in [9.17, 15) is 9.18 Å². The summed E-state index contributed by atoms with van der Waals surface area (Å²) in [6, 6.07) is 4.58. The molecule has 0 radical (unpaired) electrons. The molecule has 0 fully saturated rings. The molecular weight excluding hydrogens is 249 g/mol. The lowest BCUT2D eigenvalue weighted by molar-refractivity contribution is 0.0997. The third kappa shape index (κ3) is 1.87. The molecule has 0 bridgehead atoms. The molecule has 0 atom stereocenters. The smallest absolute Gasteiger partial charge is 0.293 e. The lowest BCUT2D eigenvalue weighted by atomic mass is 10.1. The van der Waals surface area contributed by atoms with Crippen LogP contribution in [0.4, 0.5) is 10.3 Å². The Morgan fingerprint density at radius 3 is 3.00 bits per heavy atom. The van der Waals surface area contributed by atoms with Crippen molar-refractivity contribution < 1.29 is 13.6 Å². The minimum absolute atomic E-state index is 0.0801. The Balaban J connectivity index is 2.03. The molecule has 0 aliphatic carbocycles. The van der Waals surface area contributed by atoms with Crippen molar-refractivity contribution in [2.24, 2.45) is 0 Å². The van der Waals surface area contributed by atoms with E-state index in [0.29, 0.717) is 16.9 Å². The fraction of sp³-hybridized carbons (Fsp3) is 0.0769. The number of anilines is 1. The van der Waals surface area contributed by atoms with Crippen LogP contribution in [0.25, 0.3) is 11.0 Å². The Labute approximate surface area is 107 Å². The third-order valence-corrected chi connectivity index (χ3v) is 2.85. The van der Waals surface area contributed by atoms with Crippen molar-refractivity contribution in [2.75, 3.05) is 5.32 Å². The number of aromatic amines is 1. The molecule has 0 aliphatic rings. The molecule has 2 aromatic heterocycles. The summed E-state index contributed by atoms with van der Waals surface area (Å²) in [5.41, 5.74) is 0.683. The number of halogens is 1. The second kappa shape index (κ2) is 4.24. The molecule has 3 rings (SSSR count). The van der Waals surface area contributed by atoms with Crippen molar-refractivity contribution in [3.8, 4) is 0 Å². The monoisotopic (exact) mass is 259 g/mol. The van der Waals surface area contributed by atoms with Gasteiger partial charge in [0, 0.05) is 23.3 Å². The number of amides is 1. The maximum Gasteiger partial charge on any atom is 0.293 e. The van der Waals surface area contributed by atoms with Gasteiger partial charge in [0.05, 0.1) is 0 Å². The van der Waals surface area contributed by atoms with Gasteiger partial charge in [-0.25, -0.2) is 9.37 Å². The van der Waals surface area contributed by atoms with Crippen LogP contribution >= 0.6 is 0 Å². The van der Waals surface area contributed by atoms with E-state index in [0.717, 1.165) is 0 Å². The zero-order chi connectivity index (χ0) is 13.4. The third-order valence-electron chi connectivity index (χ3n) is 2.85. The average Bonchev–Trinajstić information content (AvgIpc) is 2.99. The molecule has 96 valence electrons. The highest BCUT2D eigenvalue weighted by molar-refractivity contribution is 6.05. The standard InChI is InChI=1S/C13H10FN3O2/c1-7-8-3-2-4-9(14)11(8)19-10(7)12(18)17-13-15-5-6-16-13/h2-6H,1H3,(H2,15,16,17,18). The number of carbonyl (C=O) groups is 1. The van der Waals surface area contributed by atoms with Gasteiger partial charge in [0.15, 0.2) is 17.2 Å². The van der Waals surface area contributed by atoms with Crippen molar-refractivity contribution in [1.82, 2.24) is 9.97 Å². The van der Waals surface area contributed by atoms with Crippen molar-refractivity contribution in [3.63, 3.8) is 0 Å². The Hall–Kier alpha value is -2.63. The summed E-state index contributed by atoms with van der Waals surface area (Å²) in [5.74, 6) is -0.567. The molecule has 2 N–H and O–H groups in total. The first-order valence-electron chi connectivity index (χ1n) is 5.65. The molecule has 2 heterocycles. The molecule has 0 spiro atoms. The number of carbonyl (C=O) groups excluding carboxylic acids is 1. The van der Waals surface area contributed by atoms with E-state index in [-0.39, 0.29) is 11.3 Å². The molecule has 3 aromatic rings.